The van der Waals surface area contributed by atoms with Crippen LogP contribution in [0, 0.1) is 6.92 Å². The van der Waals surface area contributed by atoms with E-state index in [2.05, 4.69) is 54.4 Å². The van der Waals surface area contributed by atoms with E-state index in [-0.39, 0.29) is 12.1 Å². The number of amidine groups is 1. The number of nitrogens with zero attached hydrogens (tertiary/aromatic N) is 8. The summed E-state index contributed by atoms with van der Waals surface area (Å²) in [6, 6.07) is 0.183. The highest BCUT2D eigenvalue weighted by molar-refractivity contribution is 7.09. The topological polar surface area (TPSA) is 96.6 Å². The molecule has 10 nitrogen and oxygen atoms in total. The lowest BCUT2D eigenvalue weighted by atomic mass is 10.0. The van der Waals surface area contributed by atoms with Crippen molar-refractivity contribution in [2.45, 2.75) is 38.9 Å². The highest BCUT2D eigenvalue weighted by Crippen LogP contribution is 2.32. The van der Waals surface area contributed by atoms with Gasteiger partial charge in [0.2, 0.25) is 5.95 Å². The summed E-state index contributed by atoms with van der Waals surface area (Å²) in [5.41, 5.74) is 2.75. The van der Waals surface area contributed by atoms with Crippen LogP contribution in [0.4, 0.5) is 11.8 Å². The average molecular weight is 506 g/mol. The Kier molecular flexibility index (Phi) is 6.28. The van der Waals surface area contributed by atoms with Gasteiger partial charge >= 0.3 is 0 Å². The third-order valence-electron chi connectivity index (χ3n) is 6.83. The summed E-state index contributed by atoms with van der Waals surface area (Å²) in [5.74, 6) is 3.39. The molecule has 1 aliphatic carbocycles. The third kappa shape index (κ3) is 4.31. The Morgan fingerprint density at radius 2 is 1.92 bits per heavy atom. The van der Waals surface area contributed by atoms with Crippen LogP contribution in [0.1, 0.15) is 23.4 Å². The fourth-order valence-corrected chi connectivity index (χ4v) is 5.74. The Balaban J connectivity index is 1.32. The van der Waals surface area contributed by atoms with Crippen LogP contribution in [0.3, 0.4) is 0 Å². The molecule has 5 heterocycles. The van der Waals surface area contributed by atoms with Crippen LogP contribution in [0.2, 0.25) is 0 Å². The van der Waals surface area contributed by atoms with Crippen molar-refractivity contribution in [2.24, 2.45) is 12.0 Å². The summed E-state index contributed by atoms with van der Waals surface area (Å²) in [7, 11) is 2.04. The predicted octanol–water partition coefficient (Wildman–Crippen LogP) is 2.40. The van der Waals surface area contributed by atoms with Gasteiger partial charge in [0.1, 0.15) is 11.7 Å². The van der Waals surface area contributed by atoms with E-state index in [1.54, 1.807) is 11.3 Å². The molecule has 3 aromatic heterocycles. The molecule has 0 radical (unpaired) electrons. The number of hydrogen-bond donors (Lipinski definition) is 1. The molecule has 36 heavy (non-hydrogen) atoms. The molecule has 1 saturated heterocycles. The zero-order valence-electron chi connectivity index (χ0n) is 20.9. The lowest BCUT2D eigenvalue weighted by Gasteiger charge is -2.30. The van der Waals surface area contributed by atoms with Gasteiger partial charge in [-0.05, 0) is 13.8 Å². The Morgan fingerprint density at radius 1 is 1.08 bits per heavy atom. The van der Waals surface area contributed by atoms with Crippen molar-refractivity contribution in [1.29, 1.82) is 0 Å². The van der Waals surface area contributed by atoms with Gasteiger partial charge in [0, 0.05) is 44.2 Å². The van der Waals surface area contributed by atoms with Crippen LogP contribution < -0.4 is 15.1 Å². The molecule has 3 aromatic rings. The quantitative estimate of drug-likeness (QED) is 0.489. The van der Waals surface area contributed by atoms with Gasteiger partial charge in [-0.15, -0.1) is 11.3 Å². The fourth-order valence-electron chi connectivity index (χ4n) is 4.97. The lowest BCUT2D eigenvalue weighted by Crippen LogP contribution is -2.40. The number of nitrogens with one attached hydrogen (secondary N) is 1. The number of allylic oxidation sites excluding steroid dienone is 2. The second kappa shape index (κ2) is 9.72. The number of anilines is 2. The minimum atomic E-state index is 0.0915. The second-order valence-electron chi connectivity index (χ2n) is 9.31. The van der Waals surface area contributed by atoms with Crippen molar-refractivity contribution in [3.8, 4) is 0 Å². The third-order valence-corrected chi connectivity index (χ3v) is 7.86. The number of rotatable bonds is 7. The van der Waals surface area contributed by atoms with Crippen LogP contribution in [0.5, 0.6) is 0 Å². The van der Waals surface area contributed by atoms with Gasteiger partial charge in [0.15, 0.2) is 17.0 Å². The maximum Gasteiger partial charge on any atom is 0.235 e. The first-order valence-corrected chi connectivity index (χ1v) is 13.3. The number of fused-ring (bicyclic) bond motifs is 2. The molecule has 0 amide bonds. The number of aromatic nitrogens is 5. The SMILES string of the molecule is CC1=NC2C=CC=CC2N1c1nc(N2CCOCC2)c2nc(CNCCc3nc(C)cs3)n(C)c2n1. The van der Waals surface area contributed by atoms with Gasteiger partial charge in [0.05, 0.1) is 36.8 Å². The summed E-state index contributed by atoms with van der Waals surface area (Å²) >= 11 is 1.71. The Bertz CT molecular complexity index is 1350. The summed E-state index contributed by atoms with van der Waals surface area (Å²) in [6.45, 7) is 8.49. The standard InChI is InChI=1S/C25H31N9OS/c1-16-15-36-21(27-16)8-9-26-14-20-29-22-23(32(20)3)30-25(31-24(22)33-10-12-35-13-11-33)34-17(2)28-18-6-4-5-7-19(18)34/h4-7,15,18-19,26H,8-14H2,1-3H3. The highest BCUT2D eigenvalue weighted by Gasteiger charge is 2.36. The number of imidazole rings is 1. The van der Waals surface area contributed by atoms with E-state index in [9.17, 15) is 0 Å². The maximum absolute atomic E-state index is 5.61. The number of aryl methyl sites for hydroxylation is 2. The summed E-state index contributed by atoms with van der Waals surface area (Å²) in [4.78, 5) is 28.9. The van der Waals surface area contributed by atoms with Gasteiger partial charge in [-0.25, -0.2) is 9.97 Å². The minimum Gasteiger partial charge on any atom is -0.378 e. The van der Waals surface area contributed by atoms with E-state index < -0.39 is 0 Å². The maximum atomic E-state index is 5.61. The fraction of sp³-hybridized carbons (Fsp3) is 0.480. The Hall–Kier alpha value is -3.15. The molecule has 0 spiro atoms. The van der Waals surface area contributed by atoms with Crippen LogP contribution in [-0.4, -0.2) is 75.3 Å². The van der Waals surface area contributed by atoms with Gasteiger partial charge in [0.25, 0.3) is 0 Å². The molecule has 0 aromatic carbocycles. The molecule has 2 unspecified atom stereocenters. The number of aliphatic imine (C=N–C) groups is 1. The summed E-state index contributed by atoms with van der Waals surface area (Å²) in [5, 5.41) is 6.78. The monoisotopic (exact) mass is 505 g/mol. The first-order valence-electron chi connectivity index (χ1n) is 12.4. The van der Waals surface area contributed by atoms with Crippen molar-refractivity contribution >= 4 is 40.1 Å². The molecule has 0 saturated carbocycles. The van der Waals surface area contributed by atoms with Crippen LogP contribution in [0.25, 0.3) is 11.2 Å². The van der Waals surface area contributed by atoms with Crippen LogP contribution >= 0.6 is 11.3 Å². The zero-order valence-corrected chi connectivity index (χ0v) is 21.7. The van der Waals surface area contributed by atoms with Crippen molar-refractivity contribution in [2.75, 3.05) is 42.6 Å². The summed E-state index contributed by atoms with van der Waals surface area (Å²) in [6.07, 6.45) is 9.35. The van der Waals surface area contributed by atoms with Gasteiger partial charge in [-0.3, -0.25) is 9.89 Å². The molecule has 1 fully saturated rings. The van der Waals surface area contributed by atoms with Crippen molar-refractivity contribution in [1.82, 2.24) is 29.8 Å². The smallest absolute Gasteiger partial charge is 0.235 e. The predicted molar refractivity (Wildman–Crippen MR) is 143 cm³/mol. The Labute approximate surface area is 214 Å². The number of hydrogen-bond acceptors (Lipinski definition) is 10. The van der Waals surface area contributed by atoms with E-state index in [0.717, 1.165) is 65.4 Å². The van der Waals surface area contributed by atoms with Crippen molar-refractivity contribution in [3.63, 3.8) is 0 Å². The van der Waals surface area contributed by atoms with Crippen molar-refractivity contribution in [3.05, 3.63) is 46.2 Å². The molecule has 3 aliphatic rings. The molecule has 1 N–H and O–H groups in total. The van der Waals surface area contributed by atoms with E-state index in [4.69, 9.17) is 24.7 Å². The second-order valence-corrected chi connectivity index (χ2v) is 10.3. The van der Waals surface area contributed by atoms with E-state index in [0.29, 0.717) is 25.7 Å². The van der Waals surface area contributed by atoms with Gasteiger partial charge in [-0.1, -0.05) is 24.3 Å². The van der Waals surface area contributed by atoms with E-state index in [1.165, 1.54) is 0 Å². The molecule has 6 rings (SSSR count). The molecule has 2 aliphatic heterocycles. The number of thiazole rings is 1. The lowest BCUT2D eigenvalue weighted by molar-refractivity contribution is 0.122. The van der Waals surface area contributed by atoms with E-state index >= 15 is 0 Å². The summed E-state index contributed by atoms with van der Waals surface area (Å²) < 4.78 is 7.70. The first kappa shape index (κ1) is 23.3. The van der Waals surface area contributed by atoms with Gasteiger partial charge < -0.3 is 19.5 Å². The minimum absolute atomic E-state index is 0.0915. The molecular weight excluding hydrogens is 474 g/mol. The molecule has 2 atom stereocenters. The molecule has 188 valence electrons. The number of morpholine rings is 1. The average Bonchev–Trinajstić information content (AvgIpc) is 3.56. The molecular formula is C25H31N9OS. The largest absolute Gasteiger partial charge is 0.378 e. The molecule has 0 bridgehead atoms. The normalized spacial score (nSPS) is 21.5. The zero-order chi connectivity index (χ0) is 24.6. The Morgan fingerprint density at radius 3 is 2.72 bits per heavy atom. The van der Waals surface area contributed by atoms with Crippen LogP contribution in [0.15, 0.2) is 34.7 Å². The van der Waals surface area contributed by atoms with Crippen molar-refractivity contribution < 1.29 is 4.74 Å². The first-order chi connectivity index (χ1) is 17.6. The van der Waals surface area contributed by atoms with Crippen LogP contribution in [-0.2, 0) is 24.8 Å². The van der Waals surface area contributed by atoms with Gasteiger partial charge in [-0.2, -0.15) is 9.97 Å². The number of ether oxygens (including phenoxy) is 1. The highest BCUT2D eigenvalue weighted by atomic mass is 32.1. The molecule has 11 heteroatoms. The van der Waals surface area contributed by atoms with E-state index in [1.807, 2.05) is 20.9 Å².